The maximum Gasteiger partial charge on any atom is 0.183 e. The van der Waals surface area contributed by atoms with E-state index in [9.17, 15) is 0 Å². The monoisotopic (exact) mass is 412 g/mol. The van der Waals surface area contributed by atoms with Gasteiger partial charge in [-0.1, -0.05) is 28.1 Å². The minimum atomic E-state index is 0.621. The molecule has 3 heterocycles. The molecule has 0 aliphatic heterocycles. The van der Waals surface area contributed by atoms with Gasteiger partial charge in [-0.05, 0) is 24.6 Å². The Kier molecular flexibility index (Phi) is 4.77. The Balaban J connectivity index is 1.63. The minimum Gasteiger partial charge on any atom is -0.447 e. The minimum absolute atomic E-state index is 0.621. The molecule has 0 aliphatic rings. The van der Waals surface area contributed by atoms with Crippen LogP contribution in [0.5, 0.6) is 0 Å². The zero-order valence-corrected chi connectivity index (χ0v) is 15.8. The van der Waals surface area contributed by atoms with Crippen LogP contribution in [-0.4, -0.2) is 29.5 Å². The summed E-state index contributed by atoms with van der Waals surface area (Å²) in [5, 5.41) is 8.42. The second kappa shape index (κ2) is 7.35. The highest BCUT2D eigenvalue weighted by molar-refractivity contribution is 9.10. The number of halogens is 1. The van der Waals surface area contributed by atoms with Gasteiger partial charge in [0.2, 0.25) is 0 Å². The predicted molar refractivity (Wildman–Crippen MR) is 99.1 cm³/mol. The van der Waals surface area contributed by atoms with Crippen molar-refractivity contribution in [1.82, 2.24) is 29.5 Å². The number of oxazole rings is 1. The summed E-state index contributed by atoms with van der Waals surface area (Å²) in [4.78, 5) is 10.8. The topological polar surface area (TPSA) is 72.3 Å². The van der Waals surface area contributed by atoms with Gasteiger partial charge in [-0.15, -0.1) is 10.2 Å². The van der Waals surface area contributed by atoms with E-state index in [0.717, 1.165) is 33.9 Å². The third-order valence-corrected chi connectivity index (χ3v) is 4.60. The van der Waals surface area contributed by atoms with Gasteiger partial charge < -0.3 is 4.42 Å². The van der Waals surface area contributed by atoms with Gasteiger partial charge in [0.05, 0.1) is 18.4 Å². The predicted octanol–water partition coefficient (Wildman–Crippen LogP) is 3.39. The lowest BCUT2D eigenvalue weighted by Crippen LogP contribution is -2.23. The molecule has 3 aromatic heterocycles. The Morgan fingerprint density at radius 3 is 2.92 bits per heavy atom. The zero-order chi connectivity index (χ0) is 17.9. The molecule has 0 radical (unpaired) electrons. The van der Waals surface area contributed by atoms with E-state index in [1.807, 2.05) is 29.7 Å². The first-order valence-electron chi connectivity index (χ1n) is 8.18. The van der Waals surface area contributed by atoms with E-state index in [1.54, 1.807) is 12.4 Å². The first kappa shape index (κ1) is 16.9. The fraction of sp³-hybridized carbons (Fsp3) is 0.222. The van der Waals surface area contributed by atoms with Crippen molar-refractivity contribution in [3.63, 3.8) is 0 Å². The highest BCUT2D eigenvalue weighted by Crippen LogP contribution is 2.18. The summed E-state index contributed by atoms with van der Waals surface area (Å²) in [6.07, 6.45) is 6.85. The summed E-state index contributed by atoms with van der Waals surface area (Å²) in [6, 6.07) is 8.27. The van der Waals surface area contributed by atoms with Crippen molar-refractivity contribution in [2.24, 2.45) is 0 Å². The van der Waals surface area contributed by atoms with E-state index >= 15 is 0 Å². The van der Waals surface area contributed by atoms with Gasteiger partial charge in [0.25, 0.3) is 0 Å². The molecule has 4 aromatic rings. The number of hydrogen-bond acceptors (Lipinski definition) is 6. The van der Waals surface area contributed by atoms with Crippen LogP contribution in [0.3, 0.4) is 0 Å². The van der Waals surface area contributed by atoms with Crippen LogP contribution >= 0.6 is 15.9 Å². The van der Waals surface area contributed by atoms with Crippen molar-refractivity contribution in [3.05, 3.63) is 76.6 Å². The number of nitrogens with zero attached hydrogens (tertiary/aromatic N) is 6. The van der Waals surface area contributed by atoms with E-state index in [4.69, 9.17) is 4.42 Å². The van der Waals surface area contributed by atoms with Gasteiger partial charge in [-0.25, -0.2) is 4.98 Å². The van der Waals surface area contributed by atoms with Crippen LogP contribution in [0.15, 0.2) is 58.1 Å². The summed E-state index contributed by atoms with van der Waals surface area (Å²) < 4.78 is 8.45. The molecule has 0 saturated carbocycles. The standard InChI is InChI=1S/C18H17BrN6O/c1-13-22-23-18-17(21-5-6-25(13)18)11-24(10-16-8-20-12-26-16)9-14-3-2-4-15(19)7-14/h2-8,12H,9-11H2,1H3. The van der Waals surface area contributed by atoms with Crippen LogP contribution in [0.4, 0.5) is 0 Å². The van der Waals surface area contributed by atoms with Gasteiger partial charge in [-0.2, -0.15) is 0 Å². The van der Waals surface area contributed by atoms with Crippen molar-refractivity contribution in [3.8, 4) is 0 Å². The number of fused-ring (bicyclic) bond motifs is 1. The molecule has 4 rings (SSSR count). The number of aromatic nitrogens is 5. The molecule has 8 heteroatoms. The van der Waals surface area contributed by atoms with Crippen LogP contribution in [0.25, 0.3) is 5.65 Å². The molecule has 0 unspecified atom stereocenters. The SMILES string of the molecule is Cc1nnc2c(CN(Cc3cccc(Br)c3)Cc3cnco3)nccn12. The quantitative estimate of drug-likeness (QED) is 0.483. The molecule has 0 saturated heterocycles. The molecule has 0 amide bonds. The average molecular weight is 413 g/mol. The molecule has 0 aliphatic carbocycles. The molecule has 7 nitrogen and oxygen atoms in total. The Morgan fingerprint density at radius 2 is 2.12 bits per heavy atom. The van der Waals surface area contributed by atoms with Crippen molar-refractivity contribution in [2.45, 2.75) is 26.6 Å². The van der Waals surface area contributed by atoms with Gasteiger partial charge in [0.15, 0.2) is 12.0 Å². The van der Waals surface area contributed by atoms with E-state index in [0.29, 0.717) is 13.1 Å². The smallest absolute Gasteiger partial charge is 0.183 e. The molecule has 0 bridgehead atoms. The van der Waals surface area contributed by atoms with E-state index in [2.05, 4.69) is 53.1 Å². The first-order chi connectivity index (χ1) is 12.7. The van der Waals surface area contributed by atoms with Crippen molar-refractivity contribution >= 4 is 21.6 Å². The largest absolute Gasteiger partial charge is 0.447 e. The number of aryl methyl sites for hydroxylation is 1. The summed E-state index contributed by atoms with van der Waals surface area (Å²) in [5.74, 6) is 1.65. The second-order valence-electron chi connectivity index (χ2n) is 6.06. The Morgan fingerprint density at radius 1 is 1.19 bits per heavy atom. The normalized spacial score (nSPS) is 11.5. The number of benzene rings is 1. The molecule has 0 atom stereocenters. The average Bonchev–Trinajstić information content (AvgIpc) is 3.26. The lowest BCUT2D eigenvalue weighted by atomic mass is 10.2. The molecular weight excluding hydrogens is 396 g/mol. The van der Waals surface area contributed by atoms with E-state index in [1.165, 1.54) is 12.0 Å². The summed E-state index contributed by atoms with van der Waals surface area (Å²) >= 11 is 3.53. The zero-order valence-electron chi connectivity index (χ0n) is 14.2. The molecule has 26 heavy (non-hydrogen) atoms. The lowest BCUT2D eigenvalue weighted by molar-refractivity contribution is 0.224. The van der Waals surface area contributed by atoms with Crippen LogP contribution in [0.2, 0.25) is 0 Å². The first-order valence-corrected chi connectivity index (χ1v) is 8.98. The van der Waals surface area contributed by atoms with Crippen LogP contribution in [-0.2, 0) is 19.6 Å². The number of rotatable bonds is 6. The third-order valence-electron chi connectivity index (χ3n) is 4.10. The second-order valence-corrected chi connectivity index (χ2v) is 6.97. The summed E-state index contributed by atoms with van der Waals surface area (Å²) in [5.41, 5.74) is 2.85. The Labute approximate surface area is 158 Å². The highest BCUT2D eigenvalue weighted by atomic mass is 79.9. The van der Waals surface area contributed by atoms with E-state index in [-0.39, 0.29) is 0 Å². The van der Waals surface area contributed by atoms with Gasteiger partial charge in [0.1, 0.15) is 11.6 Å². The maximum absolute atomic E-state index is 5.44. The maximum atomic E-state index is 5.44. The van der Waals surface area contributed by atoms with E-state index < -0.39 is 0 Å². The van der Waals surface area contributed by atoms with Crippen molar-refractivity contribution < 1.29 is 4.42 Å². The summed E-state index contributed by atoms with van der Waals surface area (Å²) in [7, 11) is 0. The molecule has 0 N–H and O–H groups in total. The highest BCUT2D eigenvalue weighted by Gasteiger charge is 2.15. The molecular formula is C18H17BrN6O. The van der Waals surface area contributed by atoms with Gasteiger partial charge >= 0.3 is 0 Å². The van der Waals surface area contributed by atoms with Gasteiger partial charge in [-0.3, -0.25) is 14.3 Å². The Hall–Kier alpha value is -2.58. The molecule has 0 spiro atoms. The lowest BCUT2D eigenvalue weighted by Gasteiger charge is -2.21. The van der Waals surface area contributed by atoms with Gasteiger partial charge in [0, 0.05) is 30.0 Å². The van der Waals surface area contributed by atoms with Crippen LogP contribution in [0.1, 0.15) is 22.8 Å². The van der Waals surface area contributed by atoms with Crippen LogP contribution in [0, 0.1) is 6.92 Å². The van der Waals surface area contributed by atoms with Crippen LogP contribution < -0.4 is 0 Å². The fourth-order valence-corrected chi connectivity index (χ4v) is 3.36. The third kappa shape index (κ3) is 3.66. The molecule has 1 aromatic carbocycles. The number of hydrogen-bond donors (Lipinski definition) is 0. The van der Waals surface area contributed by atoms with Crippen molar-refractivity contribution in [1.29, 1.82) is 0 Å². The molecule has 0 fully saturated rings. The van der Waals surface area contributed by atoms with Crippen molar-refractivity contribution in [2.75, 3.05) is 0 Å². The molecule has 132 valence electrons. The summed E-state index contributed by atoms with van der Waals surface area (Å²) in [6.45, 7) is 3.92. The Bertz CT molecular complexity index is 1010. The fourth-order valence-electron chi connectivity index (χ4n) is 2.92.